The van der Waals surface area contributed by atoms with E-state index < -0.39 is 0 Å². The first-order valence-electron chi connectivity index (χ1n) is 25.0. The summed E-state index contributed by atoms with van der Waals surface area (Å²) in [5.41, 5.74) is 15.5. The Bertz CT molecular complexity index is 3650. The summed E-state index contributed by atoms with van der Waals surface area (Å²) in [6.07, 6.45) is 1.79. The van der Waals surface area contributed by atoms with Crippen LogP contribution in [0.2, 0.25) is 0 Å². The maximum Gasteiger partial charge on any atom is 0.145 e. The van der Waals surface area contributed by atoms with Gasteiger partial charge in [-0.05, 0) is 87.3 Å². The number of fused-ring (bicyclic) bond motifs is 4. The molecule has 1 radical (unpaired) electrons. The van der Waals surface area contributed by atoms with Gasteiger partial charge in [-0.2, -0.15) is 0 Å². The number of para-hydroxylation sites is 2. The van der Waals surface area contributed by atoms with Crippen LogP contribution < -0.4 is 0 Å². The van der Waals surface area contributed by atoms with Crippen LogP contribution in [0.3, 0.4) is 0 Å². The molecule has 11 aromatic rings. The van der Waals surface area contributed by atoms with Gasteiger partial charge in [0.2, 0.25) is 0 Å². The van der Waals surface area contributed by atoms with Gasteiger partial charge in [-0.1, -0.05) is 183 Å². The molecule has 8 heteroatoms. The number of hydrogen-bond acceptors (Lipinski definition) is 6. The number of pyridine rings is 1. The van der Waals surface area contributed by atoms with Gasteiger partial charge in [-0.25, -0.2) is 15.0 Å². The number of hydrogen-bond donors (Lipinski definition) is 0. The molecule has 0 unspecified atom stereocenters. The third kappa shape index (κ3) is 10.3. The molecule has 0 N–H and O–H groups in total. The van der Waals surface area contributed by atoms with Crippen molar-refractivity contribution in [3.8, 4) is 62.0 Å². The van der Waals surface area contributed by atoms with Gasteiger partial charge in [0.15, 0.2) is 0 Å². The Kier molecular flexibility index (Phi) is 14.3. The van der Waals surface area contributed by atoms with Crippen LogP contribution >= 0.6 is 0 Å². The zero-order chi connectivity index (χ0) is 50.3. The van der Waals surface area contributed by atoms with Crippen LogP contribution in [0, 0.1) is 12.1 Å². The second-order valence-electron chi connectivity index (χ2n) is 21.2. The molecular formula is C65H60IrN6O-2. The third-order valence-corrected chi connectivity index (χ3v) is 13.0. The zero-order valence-electron chi connectivity index (χ0n) is 43.2. The van der Waals surface area contributed by atoms with Crippen molar-refractivity contribution in [3.63, 3.8) is 0 Å². The molecule has 73 heavy (non-hydrogen) atoms. The van der Waals surface area contributed by atoms with E-state index in [2.05, 4.69) is 206 Å². The summed E-state index contributed by atoms with van der Waals surface area (Å²) in [5.74, 6) is 3.71. The van der Waals surface area contributed by atoms with Crippen molar-refractivity contribution in [1.82, 2.24) is 29.5 Å². The van der Waals surface area contributed by atoms with Crippen molar-refractivity contribution in [1.29, 1.82) is 0 Å². The van der Waals surface area contributed by atoms with E-state index >= 15 is 0 Å². The standard InChI is InChI=1S/C43H35N2O.C22H25N4.Ir/c1-27(2)36-24-32(30-16-9-6-10-17-30)25-37(28(3)4)41(36)45-39-21-12-11-20-38(39)44-43(45)35-19-13-18-34-33-23-22-31(26-40(33)46-42(34)35)29-14-7-5-8-15-29;1-21(2,3)19-24-18(25-20(26-19)22(4,5)6)16-11-9-10-15(14-16)17-12-7-8-13-23-17;/h5-18,20-28H,1-4H3;7-9,11-14H,1-6H3;/q2*-1;. The minimum atomic E-state index is -0.150. The van der Waals surface area contributed by atoms with Crippen LogP contribution in [0.4, 0.5) is 0 Å². The fourth-order valence-corrected chi connectivity index (χ4v) is 9.21. The first-order valence-corrected chi connectivity index (χ1v) is 25.0. The van der Waals surface area contributed by atoms with Crippen LogP contribution in [0.5, 0.6) is 0 Å². The molecule has 4 aromatic heterocycles. The average Bonchev–Trinajstić information content (AvgIpc) is 3.97. The summed E-state index contributed by atoms with van der Waals surface area (Å²) in [5, 5.41) is 2.15. The van der Waals surface area contributed by atoms with E-state index in [4.69, 9.17) is 24.4 Å². The number of aromatic nitrogens is 6. The molecule has 367 valence electrons. The number of benzene rings is 7. The monoisotopic (exact) mass is 1130 g/mol. The predicted molar refractivity (Wildman–Crippen MR) is 296 cm³/mol. The zero-order valence-corrected chi connectivity index (χ0v) is 45.6. The van der Waals surface area contributed by atoms with Gasteiger partial charge in [0, 0.05) is 48.2 Å². The molecule has 7 aromatic carbocycles. The summed E-state index contributed by atoms with van der Waals surface area (Å²) in [6, 6.07) is 63.5. The summed E-state index contributed by atoms with van der Waals surface area (Å²) in [6.45, 7) is 21.9. The topological polar surface area (TPSA) is 82.5 Å². The van der Waals surface area contributed by atoms with Gasteiger partial charge < -0.3 is 14.0 Å². The molecular weight excluding hydrogens is 1070 g/mol. The first-order chi connectivity index (χ1) is 34.6. The van der Waals surface area contributed by atoms with Gasteiger partial charge in [0.1, 0.15) is 23.1 Å². The number of furan rings is 1. The molecule has 0 spiro atoms. The van der Waals surface area contributed by atoms with Crippen molar-refractivity contribution >= 4 is 33.0 Å². The number of rotatable bonds is 8. The van der Waals surface area contributed by atoms with Crippen LogP contribution in [0.15, 0.2) is 174 Å². The summed E-state index contributed by atoms with van der Waals surface area (Å²) < 4.78 is 9.10. The van der Waals surface area contributed by atoms with Crippen molar-refractivity contribution in [3.05, 3.63) is 205 Å². The molecule has 0 aliphatic rings. The Labute approximate surface area is 443 Å². The van der Waals surface area contributed by atoms with Crippen LogP contribution in [-0.2, 0) is 30.9 Å². The molecule has 0 fully saturated rings. The van der Waals surface area contributed by atoms with Gasteiger partial charge in [-0.15, -0.1) is 48.0 Å². The van der Waals surface area contributed by atoms with Crippen LogP contribution in [0.1, 0.15) is 104 Å². The molecule has 4 heterocycles. The Morgan fingerprint density at radius 2 is 1.12 bits per heavy atom. The van der Waals surface area contributed by atoms with E-state index in [1.807, 2.05) is 48.5 Å². The summed E-state index contributed by atoms with van der Waals surface area (Å²) in [7, 11) is 0. The molecule has 0 saturated carbocycles. The van der Waals surface area contributed by atoms with E-state index in [0.29, 0.717) is 5.82 Å². The molecule has 0 atom stereocenters. The van der Waals surface area contributed by atoms with Crippen LogP contribution in [0.25, 0.3) is 94.9 Å². The van der Waals surface area contributed by atoms with E-state index in [1.165, 1.54) is 33.5 Å². The SMILES string of the molecule is CC(C)(C)c1nc(-c2cc[c-]c(-c3ccccn3)c2)nc(C(C)(C)C)n1.CC(C)c1cc(-c2ccccc2)cc(C(C)C)c1-n1c(-c2[c-]ccc3c2oc2cc(-c4ccccc4)ccc23)nc2ccccc21.[Ir]. The van der Waals surface area contributed by atoms with Crippen LogP contribution in [-0.4, -0.2) is 29.5 Å². The van der Waals surface area contributed by atoms with E-state index in [0.717, 1.165) is 78.4 Å². The summed E-state index contributed by atoms with van der Waals surface area (Å²) >= 11 is 0. The minimum Gasteiger partial charge on any atom is -0.501 e. The Morgan fingerprint density at radius 1 is 0.521 bits per heavy atom. The molecule has 0 bridgehead atoms. The van der Waals surface area contributed by atoms with Gasteiger partial charge in [-0.3, -0.25) is 4.98 Å². The van der Waals surface area contributed by atoms with E-state index in [1.54, 1.807) is 6.20 Å². The second-order valence-corrected chi connectivity index (χ2v) is 21.2. The fourth-order valence-electron chi connectivity index (χ4n) is 9.21. The van der Waals surface area contributed by atoms with E-state index in [-0.39, 0.29) is 42.8 Å². The second kappa shape index (κ2) is 20.6. The number of imidazole rings is 1. The minimum absolute atomic E-state index is 0. The molecule has 0 aliphatic heterocycles. The van der Waals surface area contributed by atoms with Gasteiger partial charge in [0.05, 0.1) is 22.4 Å². The maximum atomic E-state index is 6.73. The molecule has 7 nitrogen and oxygen atoms in total. The molecule has 11 rings (SSSR count). The number of nitrogens with zero attached hydrogens (tertiary/aromatic N) is 6. The Balaban J connectivity index is 0.000000207. The van der Waals surface area contributed by atoms with Crippen molar-refractivity contribution in [2.45, 2.75) is 91.9 Å². The smallest absolute Gasteiger partial charge is 0.145 e. The van der Waals surface area contributed by atoms with E-state index in [9.17, 15) is 0 Å². The Hall–Kier alpha value is -7.38. The normalized spacial score (nSPS) is 11.8. The van der Waals surface area contributed by atoms with Crippen molar-refractivity contribution in [2.75, 3.05) is 0 Å². The van der Waals surface area contributed by atoms with Crippen molar-refractivity contribution < 1.29 is 24.5 Å². The fraction of sp³-hybridized carbons (Fsp3) is 0.215. The van der Waals surface area contributed by atoms with Gasteiger partial charge >= 0.3 is 0 Å². The first kappa shape index (κ1) is 50.6. The van der Waals surface area contributed by atoms with Crippen molar-refractivity contribution in [2.24, 2.45) is 0 Å². The maximum absolute atomic E-state index is 6.73. The molecule has 0 aliphatic carbocycles. The Morgan fingerprint density at radius 3 is 1.74 bits per heavy atom. The molecule has 0 saturated heterocycles. The summed E-state index contributed by atoms with van der Waals surface area (Å²) in [4.78, 5) is 24.0. The largest absolute Gasteiger partial charge is 0.501 e. The average molecular weight is 1130 g/mol. The predicted octanol–water partition coefficient (Wildman–Crippen LogP) is 17.0. The third-order valence-electron chi connectivity index (χ3n) is 13.0. The molecule has 0 amide bonds. The quantitative estimate of drug-likeness (QED) is 0.141. The van der Waals surface area contributed by atoms with Gasteiger partial charge in [0.25, 0.3) is 0 Å².